The van der Waals surface area contributed by atoms with Gasteiger partial charge in [-0.05, 0) is 80.6 Å². The summed E-state index contributed by atoms with van der Waals surface area (Å²) >= 11 is 0. The van der Waals surface area contributed by atoms with Gasteiger partial charge in [-0.1, -0.05) is 0 Å². The number of hydrogen-bond donors (Lipinski definition) is 3. The fraction of sp³-hybridized carbons (Fsp3) is 0.292. The highest BCUT2D eigenvalue weighted by atomic mass is 16.5. The van der Waals surface area contributed by atoms with E-state index in [9.17, 15) is 19.6 Å². The summed E-state index contributed by atoms with van der Waals surface area (Å²) in [6.45, 7) is 5.40. The molecule has 0 fully saturated rings. The molecule has 0 aliphatic carbocycles. The van der Waals surface area contributed by atoms with E-state index in [1.54, 1.807) is 31.2 Å². The monoisotopic (exact) mass is 463 g/mol. The van der Waals surface area contributed by atoms with E-state index >= 15 is 0 Å². The van der Waals surface area contributed by atoms with E-state index in [-0.39, 0.29) is 12.5 Å². The van der Waals surface area contributed by atoms with Crippen molar-refractivity contribution in [3.63, 3.8) is 0 Å². The number of ether oxygens (including phenoxy) is 2. The first-order chi connectivity index (χ1) is 16.3. The molecule has 34 heavy (non-hydrogen) atoms. The Kier molecular flexibility index (Phi) is 7.82. The molecule has 0 radical (unpaired) electrons. The van der Waals surface area contributed by atoms with Crippen molar-refractivity contribution in [2.24, 2.45) is 5.10 Å². The van der Waals surface area contributed by atoms with Crippen LogP contribution in [0.2, 0.25) is 0 Å². The summed E-state index contributed by atoms with van der Waals surface area (Å²) in [4.78, 5) is 35.1. The maximum Gasteiger partial charge on any atom is 0.414 e. The van der Waals surface area contributed by atoms with Crippen molar-refractivity contribution >= 4 is 35.0 Å². The van der Waals surface area contributed by atoms with Crippen LogP contribution in [-0.2, 0) is 20.7 Å². The van der Waals surface area contributed by atoms with E-state index in [1.807, 2.05) is 31.3 Å². The SMILES string of the molecule is CCOC(=O)NC(=O)C(C#N)=NNc1cc(C)c(Oc2ccc3c(c2)CCCC(=O)N3)c(C)c1. The molecule has 0 unspecified atom stereocenters. The summed E-state index contributed by atoms with van der Waals surface area (Å²) in [6, 6.07) is 10.7. The van der Waals surface area contributed by atoms with Gasteiger partial charge in [0.1, 0.15) is 17.6 Å². The van der Waals surface area contributed by atoms with E-state index in [2.05, 4.69) is 20.6 Å². The van der Waals surface area contributed by atoms with Crippen LogP contribution in [-0.4, -0.2) is 30.2 Å². The quantitative estimate of drug-likeness (QED) is 0.435. The topological polar surface area (TPSA) is 142 Å². The summed E-state index contributed by atoms with van der Waals surface area (Å²) in [7, 11) is 0. The van der Waals surface area contributed by atoms with E-state index in [0.717, 1.165) is 35.2 Å². The molecule has 3 N–H and O–H groups in total. The molecule has 1 heterocycles. The minimum absolute atomic E-state index is 0.0165. The Morgan fingerprint density at radius 2 is 1.91 bits per heavy atom. The lowest BCUT2D eigenvalue weighted by Gasteiger charge is -2.15. The molecule has 10 heteroatoms. The molecule has 0 saturated heterocycles. The zero-order valence-electron chi connectivity index (χ0n) is 19.2. The maximum atomic E-state index is 12.0. The number of imide groups is 1. The number of rotatable bonds is 6. The van der Waals surface area contributed by atoms with Crippen LogP contribution in [0.4, 0.5) is 16.2 Å². The molecule has 0 aromatic heterocycles. The minimum atomic E-state index is -0.971. The van der Waals surface area contributed by atoms with Crippen molar-refractivity contribution < 1.29 is 23.9 Å². The van der Waals surface area contributed by atoms with Gasteiger partial charge in [0.15, 0.2) is 0 Å². The average Bonchev–Trinajstić information content (AvgIpc) is 2.97. The molecule has 3 rings (SSSR count). The second kappa shape index (κ2) is 11.0. The van der Waals surface area contributed by atoms with Gasteiger partial charge in [-0.3, -0.25) is 20.3 Å². The first-order valence-electron chi connectivity index (χ1n) is 10.7. The normalized spacial score (nSPS) is 13.0. The maximum absolute atomic E-state index is 12.0. The smallest absolute Gasteiger partial charge is 0.414 e. The van der Waals surface area contributed by atoms with Crippen molar-refractivity contribution in [3.8, 4) is 17.6 Å². The van der Waals surface area contributed by atoms with Crippen LogP contribution in [0.5, 0.6) is 11.5 Å². The lowest BCUT2D eigenvalue weighted by atomic mass is 10.1. The fourth-order valence-corrected chi connectivity index (χ4v) is 3.47. The predicted octanol–water partition coefficient (Wildman–Crippen LogP) is 3.93. The summed E-state index contributed by atoms with van der Waals surface area (Å²) in [6.07, 6.45) is 1.11. The van der Waals surface area contributed by atoms with Crippen LogP contribution in [0.1, 0.15) is 36.5 Å². The van der Waals surface area contributed by atoms with Crippen LogP contribution in [0, 0.1) is 25.2 Å². The molecule has 3 amide bonds. The highest BCUT2D eigenvalue weighted by Gasteiger charge is 2.17. The molecule has 1 aliphatic heterocycles. The summed E-state index contributed by atoms with van der Waals surface area (Å²) in [5.74, 6) is 0.360. The summed E-state index contributed by atoms with van der Waals surface area (Å²) in [5.41, 5.74) is 6.10. The van der Waals surface area contributed by atoms with Gasteiger partial charge in [0, 0.05) is 12.1 Å². The summed E-state index contributed by atoms with van der Waals surface area (Å²) in [5, 5.41) is 17.8. The molecule has 1 aliphatic rings. The third kappa shape index (κ3) is 6.10. The molecule has 2 aromatic carbocycles. The number of nitrogens with zero attached hydrogens (tertiary/aromatic N) is 2. The summed E-state index contributed by atoms with van der Waals surface area (Å²) < 4.78 is 10.8. The van der Waals surface area contributed by atoms with Crippen molar-refractivity contribution in [2.45, 2.75) is 40.0 Å². The molecular weight excluding hydrogens is 438 g/mol. The molecule has 176 valence electrons. The third-order valence-electron chi connectivity index (χ3n) is 4.99. The number of carbonyl (C=O) groups excluding carboxylic acids is 3. The van der Waals surface area contributed by atoms with Crippen molar-refractivity contribution in [1.82, 2.24) is 5.32 Å². The zero-order chi connectivity index (χ0) is 24.7. The molecule has 2 aromatic rings. The minimum Gasteiger partial charge on any atom is -0.457 e. The van der Waals surface area contributed by atoms with Gasteiger partial charge >= 0.3 is 6.09 Å². The fourth-order valence-electron chi connectivity index (χ4n) is 3.47. The number of hydrazone groups is 1. The zero-order valence-corrected chi connectivity index (χ0v) is 19.2. The van der Waals surface area contributed by atoms with Crippen LogP contribution in [0.25, 0.3) is 0 Å². The predicted molar refractivity (Wildman–Crippen MR) is 126 cm³/mol. The first-order valence-corrected chi connectivity index (χ1v) is 10.7. The highest BCUT2D eigenvalue weighted by Crippen LogP contribution is 2.34. The number of hydrogen-bond acceptors (Lipinski definition) is 8. The van der Waals surface area contributed by atoms with E-state index in [4.69, 9.17) is 4.74 Å². The van der Waals surface area contributed by atoms with Gasteiger partial charge in [-0.2, -0.15) is 10.4 Å². The Bertz CT molecular complexity index is 1180. The molecular formula is C24H25N5O5. The number of nitrogens with one attached hydrogen (secondary N) is 3. The molecule has 0 bridgehead atoms. The number of benzene rings is 2. The van der Waals surface area contributed by atoms with Crippen LogP contribution in [0.3, 0.4) is 0 Å². The second-order valence-corrected chi connectivity index (χ2v) is 7.62. The molecule has 0 spiro atoms. The van der Waals surface area contributed by atoms with Gasteiger partial charge in [-0.25, -0.2) is 4.79 Å². The van der Waals surface area contributed by atoms with Crippen LogP contribution >= 0.6 is 0 Å². The van der Waals surface area contributed by atoms with E-state index < -0.39 is 17.7 Å². The van der Waals surface area contributed by atoms with Crippen LogP contribution < -0.4 is 20.8 Å². The Morgan fingerprint density at radius 3 is 2.59 bits per heavy atom. The standard InChI is InChI=1S/C24H25N5O5/c1-4-33-24(32)27-23(31)20(13-25)29-28-17-10-14(2)22(15(3)11-17)34-18-8-9-19-16(12-18)6-5-7-21(30)26-19/h8-12,28H,4-7H2,1-3H3,(H,26,30)(H,27,31,32). The first kappa shape index (κ1) is 24.3. The molecule has 0 saturated carbocycles. The Labute approximate surface area is 196 Å². The lowest BCUT2D eigenvalue weighted by molar-refractivity contribution is -0.116. The number of anilines is 2. The van der Waals surface area contributed by atoms with Gasteiger partial charge in [-0.15, -0.1) is 0 Å². The lowest BCUT2D eigenvalue weighted by Crippen LogP contribution is -2.36. The van der Waals surface area contributed by atoms with E-state index in [0.29, 0.717) is 23.6 Å². The van der Waals surface area contributed by atoms with Gasteiger partial charge in [0.2, 0.25) is 11.6 Å². The Morgan fingerprint density at radius 1 is 1.18 bits per heavy atom. The van der Waals surface area contributed by atoms with E-state index in [1.165, 1.54) is 0 Å². The largest absolute Gasteiger partial charge is 0.457 e. The van der Waals surface area contributed by atoms with Gasteiger partial charge in [0.25, 0.3) is 5.91 Å². The van der Waals surface area contributed by atoms with Crippen LogP contribution in [0.15, 0.2) is 35.4 Å². The molecule has 0 atom stereocenters. The average molecular weight is 463 g/mol. The number of alkyl carbamates (subject to hydrolysis) is 1. The number of nitriles is 1. The number of aryl methyl sites for hydroxylation is 3. The van der Waals surface area contributed by atoms with Gasteiger partial charge < -0.3 is 14.8 Å². The number of carbonyl (C=O) groups is 3. The third-order valence-corrected chi connectivity index (χ3v) is 4.99. The second-order valence-electron chi connectivity index (χ2n) is 7.62. The highest BCUT2D eigenvalue weighted by molar-refractivity contribution is 6.46. The van der Waals surface area contributed by atoms with Crippen molar-refractivity contribution in [3.05, 3.63) is 47.0 Å². The molecule has 10 nitrogen and oxygen atoms in total. The Hall–Kier alpha value is -4.39. The van der Waals surface area contributed by atoms with Crippen molar-refractivity contribution in [2.75, 3.05) is 17.3 Å². The van der Waals surface area contributed by atoms with Crippen molar-refractivity contribution in [1.29, 1.82) is 5.26 Å². The Balaban J connectivity index is 1.74. The number of amides is 3. The number of fused-ring (bicyclic) bond motifs is 1. The van der Waals surface area contributed by atoms with Gasteiger partial charge in [0.05, 0.1) is 12.3 Å².